The second-order valence-electron chi connectivity index (χ2n) is 3.85. The first-order valence-electron chi connectivity index (χ1n) is 5.53. The van der Waals surface area contributed by atoms with Gasteiger partial charge in [-0.15, -0.1) is 0 Å². The molecule has 4 heteroatoms. The van der Waals surface area contributed by atoms with E-state index in [0.29, 0.717) is 6.61 Å². The summed E-state index contributed by atoms with van der Waals surface area (Å²) < 4.78 is 22.8. The highest BCUT2D eigenvalue weighted by Crippen LogP contribution is 2.56. The van der Waals surface area contributed by atoms with Crippen LogP contribution in [0.15, 0.2) is 0 Å². The van der Waals surface area contributed by atoms with Gasteiger partial charge in [0.1, 0.15) is 0 Å². The molecule has 0 N–H and O–H groups in total. The lowest BCUT2D eigenvalue weighted by atomic mass is 10.0. The van der Waals surface area contributed by atoms with Crippen LogP contribution in [0.25, 0.3) is 0 Å². The maximum absolute atomic E-state index is 12.3. The molecule has 14 heavy (non-hydrogen) atoms. The smallest absolute Gasteiger partial charge is 0.312 e. The zero-order valence-corrected chi connectivity index (χ0v) is 10.1. The first-order valence-corrected chi connectivity index (χ1v) is 7.14. The zero-order chi connectivity index (χ0) is 10.4. The summed E-state index contributed by atoms with van der Waals surface area (Å²) in [4.78, 5) is 0. The van der Waals surface area contributed by atoms with E-state index in [2.05, 4.69) is 0 Å². The lowest BCUT2D eigenvalue weighted by Gasteiger charge is -2.28. The lowest BCUT2D eigenvalue weighted by molar-refractivity contribution is 0.218. The number of hydrogen-bond acceptors (Lipinski definition) is 3. The van der Waals surface area contributed by atoms with Crippen molar-refractivity contribution in [3.05, 3.63) is 0 Å². The van der Waals surface area contributed by atoms with Crippen molar-refractivity contribution in [3.63, 3.8) is 0 Å². The summed E-state index contributed by atoms with van der Waals surface area (Å²) in [7, 11) is -1.29. The molecular formula is C10H21O3P. The van der Waals surface area contributed by atoms with Crippen LogP contribution in [0.2, 0.25) is 0 Å². The summed E-state index contributed by atoms with van der Waals surface area (Å²) in [6, 6.07) is 0. The molecule has 1 aliphatic carbocycles. The van der Waals surface area contributed by atoms with Gasteiger partial charge in [0.05, 0.1) is 12.3 Å². The first kappa shape index (κ1) is 12.2. The fourth-order valence-electron chi connectivity index (χ4n) is 1.92. The second-order valence-corrected chi connectivity index (χ2v) is 6.28. The standard InChI is InChI=1S/C10H21O3P/c1-3-9-13-14(11,12-2)10-7-5-4-6-8-10/h10H,3-9H2,1-2H3. The van der Waals surface area contributed by atoms with Gasteiger partial charge in [-0.25, -0.2) is 0 Å². The van der Waals surface area contributed by atoms with Crippen molar-refractivity contribution in [2.45, 2.75) is 51.1 Å². The van der Waals surface area contributed by atoms with Crippen LogP contribution in [-0.2, 0) is 13.6 Å². The zero-order valence-electron chi connectivity index (χ0n) is 9.20. The van der Waals surface area contributed by atoms with Crippen LogP contribution in [-0.4, -0.2) is 19.4 Å². The summed E-state index contributed by atoms with van der Waals surface area (Å²) in [5, 5.41) is 0. The Morgan fingerprint density at radius 2 is 1.93 bits per heavy atom. The Labute approximate surface area is 86.7 Å². The molecular weight excluding hydrogens is 199 g/mol. The van der Waals surface area contributed by atoms with Crippen molar-refractivity contribution in [2.75, 3.05) is 13.7 Å². The Hall–Kier alpha value is 0.150. The van der Waals surface area contributed by atoms with E-state index in [-0.39, 0.29) is 5.66 Å². The molecule has 0 aromatic carbocycles. The van der Waals surface area contributed by atoms with Gasteiger partial charge in [0.15, 0.2) is 0 Å². The highest BCUT2D eigenvalue weighted by atomic mass is 31.2. The molecule has 0 bridgehead atoms. The minimum atomic E-state index is -2.79. The fraction of sp³-hybridized carbons (Fsp3) is 1.00. The topological polar surface area (TPSA) is 35.5 Å². The summed E-state index contributed by atoms with van der Waals surface area (Å²) in [6.07, 6.45) is 6.46. The average molecular weight is 220 g/mol. The third-order valence-corrected chi connectivity index (χ3v) is 5.21. The van der Waals surface area contributed by atoms with E-state index in [1.807, 2.05) is 6.92 Å². The highest BCUT2D eigenvalue weighted by molar-refractivity contribution is 7.54. The van der Waals surface area contributed by atoms with Gasteiger partial charge in [-0.3, -0.25) is 4.57 Å². The van der Waals surface area contributed by atoms with E-state index in [1.54, 1.807) is 0 Å². The Morgan fingerprint density at radius 1 is 1.29 bits per heavy atom. The molecule has 84 valence electrons. The van der Waals surface area contributed by atoms with E-state index >= 15 is 0 Å². The van der Waals surface area contributed by atoms with Crippen molar-refractivity contribution in [3.8, 4) is 0 Å². The van der Waals surface area contributed by atoms with E-state index < -0.39 is 7.60 Å². The van der Waals surface area contributed by atoms with Crippen LogP contribution >= 0.6 is 7.60 Å². The van der Waals surface area contributed by atoms with Gasteiger partial charge < -0.3 is 9.05 Å². The maximum Gasteiger partial charge on any atom is 0.333 e. The van der Waals surface area contributed by atoms with Gasteiger partial charge in [-0.1, -0.05) is 26.2 Å². The van der Waals surface area contributed by atoms with Crippen molar-refractivity contribution in [1.82, 2.24) is 0 Å². The van der Waals surface area contributed by atoms with Crippen LogP contribution in [0, 0.1) is 0 Å². The van der Waals surface area contributed by atoms with E-state index in [4.69, 9.17) is 9.05 Å². The van der Waals surface area contributed by atoms with Gasteiger partial charge in [0.25, 0.3) is 0 Å². The normalized spacial score (nSPS) is 23.3. The van der Waals surface area contributed by atoms with Crippen molar-refractivity contribution in [2.24, 2.45) is 0 Å². The third kappa shape index (κ3) is 3.08. The maximum atomic E-state index is 12.3. The van der Waals surface area contributed by atoms with Gasteiger partial charge in [0.2, 0.25) is 0 Å². The van der Waals surface area contributed by atoms with Crippen LogP contribution < -0.4 is 0 Å². The summed E-state index contributed by atoms with van der Waals surface area (Å²) in [6.45, 7) is 2.56. The molecule has 1 atom stereocenters. The molecule has 1 aliphatic rings. The predicted octanol–water partition coefficient (Wildman–Crippen LogP) is 3.59. The lowest BCUT2D eigenvalue weighted by Crippen LogP contribution is -2.16. The summed E-state index contributed by atoms with van der Waals surface area (Å²) in [5.74, 6) is 0. The largest absolute Gasteiger partial charge is 0.333 e. The molecule has 0 saturated heterocycles. The van der Waals surface area contributed by atoms with Crippen LogP contribution in [0.5, 0.6) is 0 Å². The van der Waals surface area contributed by atoms with E-state index in [9.17, 15) is 4.57 Å². The number of hydrogen-bond donors (Lipinski definition) is 0. The minimum Gasteiger partial charge on any atom is -0.312 e. The van der Waals surface area contributed by atoms with Crippen molar-refractivity contribution in [1.29, 1.82) is 0 Å². The van der Waals surface area contributed by atoms with Gasteiger partial charge in [-0.05, 0) is 19.3 Å². The molecule has 0 radical (unpaired) electrons. The number of rotatable bonds is 5. The SMILES string of the molecule is CCCOP(=O)(OC)C1CCCCC1. The van der Waals surface area contributed by atoms with Crippen LogP contribution in [0.1, 0.15) is 45.4 Å². The Morgan fingerprint density at radius 3 is 2.43 bits per heavy atom. The molecule has 0 spiro atoms. The van der Waals surface area contributed by atoms with E-state index in [1.165, 1.54) is 13.5 Å². The Balaban J connectivity index is 2.52. The van der Waals surface area contributed by atoms with Crippen molar-refractivity contribution < 1.29 is 13.6 Å². The second kappa shape index (κ2) is 5.89. The Kier molecular flexibility index (Phi) is 5.14. The molecule has 1 saturated carbocycles. The van der Waals surface area contributed by atoms with Crippen molar-refractivity contribution >= 4 is 7.60 Å². The van der Waals surface area contributed by atoms with E-state index in [0.717, 1.165) is 32.1 Å². The quantitative estimate of drug-likeness (QED) is 0.664. The fourth-order valence-corrected chi connectivity index (χ4v) is 3.97. The predicted molar refractivity (Wildman–Crippen MR) is 57.7 cm³/mol. The van der Waals surface area contributed by atoms with Gasteiger partial charge in [-0.2, -0.15) is 0 Å². The molecule has 1 unspecified atom stereocenters. The van der Waals surface area contributed by atoms with Gasteiger partial charge >= 0.3 is 7.60 Å². The average Bonchev–Trinajstić information content (AvgIpc) is 2.27. The minimum absolute atomic E-state index is 0.146. The van der Waals surface area contributed by atoms with Gasteiger partial charge in [0, 0.05) is 7.11 Å². The van der Waals surface area contributed by atoms with Crippen LogP contribution in [0.3, 0.4) is 0 Å². The highest BCUT2D eigenvalue weighted by Gasteiger charge is 2.35. The summed E-state index contributed by atoms with van der Waals surface area (Å²) >= 11 is 0. The molecule has 0 aromatic rings. The van der Waals surface area contributed by atoms with Crippen LogP contribution in [0.4, 0.5) is 0 Å². The molecule has 0 heterocycles. The Bertz CT molecular complexity index is 200. The third-order valence-electron chi connectivity index (χ3n) is 2.75. The summed E-state index contributed by atoms with van der Waals surface area (Å²) in [5.41, 5.74) is 0.146. The first-order chi connectivity index (χ1) is 6.73. The molecule has 1 rings (SSSR count). The monoisotopic (exact) mass is 220 g/mol. The molecule has 3 nitrogen and oxygen atoms in total. The molecule has 0 aliphatic heterocycles. The molecule has 0 aromatic heterocycles. The molecule has 1 fully saturated rings. The molecule has 0 amide bonds.